The molecule has 1 atom stereocenters. The predicted molar refractivity (Wildman–Crippen MR) is 72.5 cm³/mol. The van der Waals surface area contributed by atoms with Crippen LogP contribution in [0.2, 0.25) is 0 Å². The topological polar surface area (TPSA) is 55.4 Å². The predicted octanol–water partition coefficient (Wildman–Crippen LogP) is 3.15. The third kappa shape index (κ3) is 9.02. The minimum atomic E-state index is -0.454. The Balaban J connectivity index is 3.62. The van der Waals surface area contributed by atoms with Crippen LogP contribution in [0, 0.1) is 11.8 Å². The molecule has 0 radical (unpaired) electrons. The highest BCUT2D eigenvalue weighted by Gasteiger charge is 2.15. The molecule has 0 spiro atoms. The highest BCUT2D eigenvalue weighted by molar-refractivity contribution is 5.67. The average molecular weight is 257 g/mol. The van der Waals surface area contributed by atoms with Crippen LogP contribution in [0.4, 0.5) is 4.79 Å². The Morgan fingerprint density at radius 1 is 1.28 bits per heavy atom. The summed E-state index contributed by atoms with van der Waals surface area (Å²) >= 11 is 0. The highest BCUT2D eigenvalue weighted by Crippen LogP contribution is 2.15. The maximum Gasteiger partial charge on any atom is 0.407 e. The Morgan fingerprint density at radius 2 is 1.89 bits per heavy atom. The lowest BCUT2D eigenvalue weighted by atomic mass is 9.92. The maximum absolute atomic E-state index is 11.3. The summed E-state index contributed by atoms with van der Waals surface area (Å²) in [6, 6.07) is 0. The number of alkyl carbamates (subject to hydrolysis) is 1. The molecular formula is C14H27NO3. The van der Waals surface area contributed by atoms with E-state index in [0.29, 0.717) is 12.5 Å². The minimum absolute atomic E-state index is 0.131. The second kappa shape index (κ2) is 8.11. The molecule has 0 rings (SSSR count). The second-order valence-corrected chi connectivity index (χ2v) is 5.97. The van der Waals surface area contributed by atoms with Crippen molar-refractivity contribution in [2.45, 2.75) is 59.5 Å². The molecule has 0 heterocycles. The number of nitrogens with one attached hydrogen (secondary N) is 1. The summed E-state index contributed by atoms with van der Waals surface area (Å²) in [5.74, 6) is 0.521. The molecule has 1 N–H and O–H groups in total. The monoisotopic (exact) mass is 257 g/mol. The van der Waals surface area contributed by atoms with E-state index < -0.39 is 5.60 Å². The molecule has 1 amide bonds. The largest absolute Gasteiger partial charge is 0.444 e. The Bertz CT molecular complexity index is 256. The zero-order valence-corrected chi connectivity index (χ0v) is 12.3. The lowest BCUT2D eigenvalue weighted by molar-refractivity contribution is -0.112. The molecule has 0 aliphatic carbocycles. The summed E-state index contributed by atoms with van der Waals surface area (Å²) in [4.78, 5) is 22.1. The normalized spacial score (nSPS) is 13.2. The molecular weight excluding hydrogens is 230 g/mol. The van der Waals surface area contributed by atoms with E-state index in [0.717, 1.165) is 25.5 Å². The molecule has 1 unspecified atom stereocenters. The molecule has 0 aromatic heterocycles. The molecule has 4 heteroatoms. The van der Waals surface area contributed by atoms with Gasteiger partial charge in [-0.2, -0.15) is 0 Å². The molecule has 0 bridgehead atoms. The van der Waals surface area contributed by atoms with Crippen LogP contribution in [0.5, 0.6) is 0 Å². The zero-order chi connectivity index (χ0) is 14.2. The van der Waals surface area contributed by atoms with Gasteiger partial charge in [-0.15, -0.1) is 0 Å². The van der Waals surface area contributed by atoms with E-state index in [1.165, 1.54) is 0 Å². The Kier molecular flexibility index (Phi) is 7.64. The summed E-state index contributed by atoms with van der Waals surface area (Å²) in [5, 5.41) is 2.71. The van der Waals surface area contributed by atoms with Gasteiger partial charge in [-0.1, -0.05) is 20.3 Å². The Morgan fingerprint density at radius 3 is 2.33 bits per heavy atom. The number of amides is 1. The quantitative estimate of drug-likeness (QED) is 0.563. The molecule has 106 valence electrons. The van der Waals surface area contributed by atoms with Gasteiger partial charge in [-0.25, -0.2) is 4.79 Å². The molecule has 0 aromatic carbocycles. The first-order chi connectivity index (χ1) is 8.26. The van der Waals surface area contributed by atoms with Crippen molar-refractivity contribution in [2.24, 2.45) is 11.8 Å². The molecule has 0 aliphatic heterocycles. The van der Waals surface area contributed by atoms with E-state index in [1.807, 2.05) is 20.8 Å². The first-order valence-electron chi connectivity index (χ1n) is 6.68. The van der Waals surface area contributed by atoms with Crippen molar-refractivity contribution in [3.05, 3.63) is 0 Å². The van der Waals surface area contributed by atoms with E-state index in [-0.39, 0.29) is 12.0 Å². The van der Waals surface area contributed by atoms with Crippen LogP contribution in [0.25, 0.3) is 0 Å². The lowest BCUT2D eigenvalue weighted by Gasteiger charge is -2.19. The maximum atomic E-state index is 11.3. The van der Waals surface area contributed by atoms with Gasteiger partial charge < -0.3 is 14.8 Å². The van der Waals surface area contributed by atoms with Crippen LogP contribution in [-0.2, 0) is 9.53 Å². The van der Waals surface area contributed by atoms with Gasteiger partial charge in [0, 0.05) is 12.5 Å². The van der Waals surface area contributed by atoms with Gasteiger partial charge in [-0.05, 0) is 39.5 Å². The molecule has 0 fully saturated rings. The molecule has 0 aliphatic rings. The molecule has 0 aromatic rings. The van der Waals surface area contributed by atoms with Crippen molar-refractivity contribution in [3.8, 4) is 0 Å². The van der Waals surface area contributed by atoms with Gasteiger partial charge in [0.15, 0.2) is 0 Å². The van der Waals surface area contributed by atoms with Gasteiger partial charge in [0.1, 0.15) is 11.9 Å². The summed E-state index contributed by atoms with van der Waals surface area (Å²) in [6.45, 7) is 10.2. The number of ether oxygens (including phenoxy) is 1. The molecule has 18 heavy (non-hydrogen) atoms. The van der Waals surface area contributed by atoms with Gasteiger partial charge in [-0.3, -0.25) is 0 Å². The van der Waals surface area contributed by atoms with Crippen LogP contribution in [0.15, 0.2) is 0 Å². The summed E-state index contributed by atoms with van der Waals surface area (Å²) in [6.07, 6.45) is 3.36. The van der Waals surface area contributed by atoms with Gasteiger partial charge in [0.2, 0.25) is 0 Å². The van der Waals surface area contributed by atoms with Crippen molar-refractivity contribution in [3.63, 3.8) is 0 Å². The molecule has 4 nitrogen and oxygen atoms in total. The van der Waals surface area contributed by atoms with Crippen LogP contribution in [0.3, 0.4) is 0 Å². The van der Waals surface area contributed by atoms with Gasteiger partial charge in [0.25, 0.3) is 0 Å². The lowest BCUT2D eigenvalue weighted by Crippen LogP contribution is -2.33. The molecule has 0 saturated heterocycles. The minimum Gasteiger partial charge on any atom is -0.444 e. The molecule has 0 saturated carbocycles. The number of carbonyl (C=O) groups is 2. The standard InChI is InChI=1S/C14H27NO3/c1-11(2)12(10-16)8-6-7-9-15-13(17)18-14(3,4)5/h10-12H,6-9H2,1-5H3,(H,15,17). The van der Waals surface area contributed by atoms with E-state index in [4.69, 9.17) is 4.74 Å². The van der Waals surface area contributed by atoms with Crippen LogP contribution < -0.4 is 5.32 Å². The zero-order valence-electron chi connectivity index (χ0n) is 12.3. The van der Waals surface area contributed by atoms with Crippen molar-refractivity contribution in [1.82, 2.24) is 5.32 Å². The van der Waals surface area contributed by atoms with Crippen molar-refractivity contribution in [1.29, 1.82) is 0 Å². The van der Waals surface area contributed by atoms with Crippen molar-refractivity contribution >= 4 is 12.4 Å². The van der Waals surface area contributed by atoms with Crippen LogP contribution in [-0.4, -0.2) is 24.5 Å². The van der Waals surface area contributed by atoms with Gasteiger partial charge in [0.05, 0.1) is 0 Å². The fourth-order valence-electron chi connectivity index (χ4n) is 1.57. The number of unbranched alkanes of at least 4 members (excludes halogenated alkanes) is 1. The fourth-order valence-corrected chi connectivity index (χ4v) is 1.57. The van der Waals surface area contributed by atoms with Gasteiger partial charge >= 0.3 is 6.09 Å². The Labute approximate surface area is 110 Å². The van der Waals surface area contributed by atoms with E-state index in [1.54, 1.807) is 0 Å². The summed E-state index contributed by atoms with van der Waals surface area (Å²) in [7, 11) is 0. The van der Waals surface area contributed by atoms with Crippen molar-refractivity contribution < 1.29 is 14.3 Å². The summed E-state index contributed by atoms with van der Waals surface area (Å²) in [5.41, 5.74) is -0.454. The average Bonchev–Trinajstić information content (AvgIpc) is 2.20. The number of hydrogen-bond acceptors (Lipinski definition) is 3. The third-order valence-corrected chi connectivity index (χ3v) is 2.66. The van der Waals surface area contributed by atoms with Crippen LogP contribution >= 0.6 is 0 Å². The third-order valence-electron chi connectivity index (χ3n) is 2.66. The highest BCUT2D eigenvalue weighted by atomic mass is 16.6. The SMILES string of the molecule is CC(C)C(C=O)CCCCNC(=O)OC(C)(C)C. The first-order valence-corrected chi connectivity index (χ1v) is 6.68. The number of aldehydes is 1. The van der Waals surface area contributed by atoms with Crippen molar-refractivity contribution in [2.75, 3.05) is 6.54 Å². The van der Waals surface area contributed by atoms with E-state index >= 15 is 0 Å². The second-order valence-electron chi connectivity index (χ2n) is 5.97. The fraction of sp³-hybridized carbons (Fsp3) is 0.857. The number of rotatable bonds is 7. The number of hydrogen-bond donors (Lipinski definition) is 1. The Hall–Kier alpha value is -1.06. The van der Waals surface area contributed by atoms with Crippen LogP contribution in [0.1, 0.15) is 53.9 Å². The van der Waals surface area contributed by atoms with E-state index in [2.05, 4.69) is 19.2 Å². The first kappa shape index (κ1) is 16.9. The van der Waals surface area contributed by atoms with E-state index in [9.17, 15) is 9.59 Å². The smallest absolute Gasteiger partial charge is 0.407 e. The number of carbonyl (C=O) groups excluding carboxylic acids is 2. The summed E-state index contributed by atoms with van der Waals surface area (Å²) < 4.78 is 5.12.